The topological polar surface area (TPSA) is 72.2 Å². The Bertz CT molecular complexity index is 482. The Morgan fingerprint density at radius 2 is 2.18 bits per heavy atom. The van der Waals surface area contributed by atoms with Crippen molar-refractivity contribution in [3.8, 4) is 0 Å². The molecule has 1 atom stereocenters. The van der Waals surface area contributed by atoms with E-state index in [-0.39, 0.29) is 11.1 Å². The maximum Gasteiger partial charge on any atom is 0.328 e. The van der Waals surface area contributed by atoms with Crippen LogP contribution >= 0.6 is 11.6 Å². The van der Waals surface area contributed by atoms with Crippen molar-refractivity contribution < 1.29 is 9.90 Å². The molecule has 0 fully saturated rings. The Morgan fingerprint density at radius 1 is 1.59 bits per heavy atom. The molecule has 1 heterocycles. The maximum absolute atomic E-state index is 11.7. The molecule has 0 aromatic carbocycles. The predicted octanol–water partition coefficient (Wildman–Crippen LogP) is 1.88. The first kappa shape index (κ1) is 13.7. The number of aromatic nitrogens is 2. The molecule has 0 saturated carbocycles. The van der Waals surface area contributed by atoms with Gasteiger partial charge in [-0.15, -0.1) is 0 Å². The monoisotopic (exact) mass is 258 g/mol. The summed E-state index contributed by atoms with van der Waals surface area (Å²) in [6.45, 7) is 5.42. The van der Waals surface area contributed by atoms with Crippen molar-refractivity contribution in [2.75, 3.05) is 0 Å². The minimum atomic E-state index is -1.08. The molecule has 0 bridgehead atoms. The second kappa shape index (κ2) is 5.31. The van der Waals surface area contributed by atoms with Gasteiger partial charge in [0.15, 0.2) is 11.2 Å². The SMILES string of the molecule is Cc1cc(=O)n([C@@H](CC(C)C)C(=O)O)nc1Cl. The molecule has 17 heavy (non-hydrogen) atoms. The van der Waals surface area contributed by atoms with Crippen molar-refractivity contribution in [1.29, 1.82) is 0 Å². The van der Waals surface area contributed by atoms with Crippen LogP contribution in [0.5, 0.6) is 0 Å². The molecule has 0 unspecified atom stereocenters. The summed E-state index contributed by atoms with van der Waals surface area (Å²) in [7, 11) is 0. The number of carbonyl (C=O) groups is 1. The van der Waals surface area contributed by atoms with Gasteiger partial charge in [-0.25, -0.2) is 9.48 Å². The molecule has 1 aromatic rings. The van der Waals surface area contributed by atoms with Gasteiger partial charge in [-0.1, -0.05) is 25.4 Å². The molecular weight excluding hydrogens is 244 g/mol. The fourth-order valence-electron chi connectivity index (χ4n) is 1.51. The van der Waals surface area contributed by atoms with Crippen molar-refractivity contribution in [2.45, 2.75) is 33.2 Å². The first-order valence-corrected chi connectivity index (χ1v) is 5.69. The lowest BCUT2D eigenvalue weighted by Crippen LogP contribution is -2.32. The lowest BCUT2D eigenvalue weighted by molar-refractivity contribution is -0.141. The van der Waals surface area contributed by atoms with E-state index in [1.807, 2.05) is 13.8 Å². The van der Waals surface area contributed by atoms with Crippen molar-refractivity contribution in [3.05, 3.63) is 27.1 Å². The molecule has 0 aliphatic heterocycles. The predicted molar refractivity (Wildman–Crippen MR) is 64.4 cm³/mol. The first-order valence-electron chi connectivity index (χ1n) is 5.31. The number of hydrogen-bond donors (Lipinski definition) is 1. The second-order valence-electron chi connectivity index (χ2n) is 4.38. The van der Waals surface area contributed by atoms with E-state index in [4.69, 9.17) is 16.7 Å². The summed E-state index contributed by atoms with van der Waals surface area (Å²) >= 11 is 5.81. The molecule has 1 rings (SSSR count). The van der Waals surface area contributed by atoms with E-state index >= 15 is 0 Å². The number of halogens is 1. The molecule has 0 saturated heterocycles. The minimum Gasteiger partial charge on any atom is -0.480 e. The van der Waals surface area contributed by atoms with Gasteiger partial charge in [0, 0.05) is 6.07 Å². The number of aliphatic carboxylic acids is 1. The molecule has 0 aliphatic carbocycles. The number of carboxylic acid groups (broad SMARTS) is 1. The molecule has 6 heteroatoms. The zero-order chi connectivity index (χ0) is 13.2. The summed E-state index contributed by atoms with van der Waals surface area (Å²) in [6.07, 6.45) is 0.335. The molecule has 94 valence electrons. The zero-order valence-electron chi connectivity index (χ0n) is 9.98. The van der Waals surface area contributed by atoms with E-state index in [0.29, 0.717) is 12.0 Å². The van der Waals surface area contributed by atoms with Gasteiger partial charge in [0.25, 0.3) is 5.56 Å². The average Bonchev–Trinajstić information content (AvgIpc) is 2.20. The highest BCUT2D eigenvalue weighted by Gasteiger charge is 2.23. The van der Waals surface area contributed by atoms with Crippen LogP contribution in [0.1, 0.15) is 31.9 Å². The molecule has 0 aliphatic rings. The maximum atomic E-state index is 11.7. The third-order valence-electron chi connectivity index (χ3n) is 2.36. The van der Waals surface area contributed by atoms with Crippen LogP contribution in [0.3, 0.4) is 0 Å². The number of aryl methyl sites for hydroxylation is 1. The van der Waals surface area contributed by atoms with Gasteiger partial charge >= 0.3 is 5.97 Å². The summed E-state index contributed by atoms with van der Waals surface area (Å²) < 4.78 is 0.942. The zero-order valence-corrected chi connectivity index (χ0v) is 10.7. The smallest absolute Gasteiger partial charge is 0.328 e. The largest absolute Gasteiger partial charge is 0.480 e. The molecule has 5 nitrogen and oxygen atoms in total. The van der Waals surface area contributed by atoms with Gasteiger partial charge in [0.2, 0.25) is 0 Å². The standard InChI is InChI=1S/C11H15ClN2O3/c1-6(2)4-8(11(16)17)14-9(15)5-7(3)10(12)13-14/h5-6,8H,4H2,1-3H3,(H,16,17)/t8-/m0/s1. The summed E-state index contributed by atoms with van der Waals surface area (Å²) in [4.78, 5) is 22.8. The van der Waals surface area contributed by atoms with E-state index in [1.165, 1.54) is 6.07 Å². The highest BCUT2D eigenvalue weighted by Crippen LogP contribution is 2.17. The molecule has 1 aromatic heterocycles. The minimum absolute atomic E-state index is 0.143. The van der Waals surface area contributed by atoms with Crippen LogP contribution in [0.2, 0.25) is 5.15 Å². The van der Waals surface area contributed by atoms with E-state index in [9.17, 15) is 9.59 Å². The fourth-order valence-corrected chi connectivity index (χ4v) is 1.64. The molecule has 1 N–H and O–H groups in total. The Kier molecular flexibility index (Phi) is 4.28. The van der Waals surface area contributed by atoms with E-state index in [2.05, 4.69) is 5.10 Å². The van der Waals surface area contributed by atoms with Crippen molar-refractivity contribution in [2.24, 2.45) is 5.92 Å². The van der Waals surface area contributed by atoms with Crippen LogP contribution in [-0.4, -0.2) is 20.9 Å². The van der Waals surface area contributed by atoms with Gasteiger partial charge in [-0.3, -0.25) is 4.79 Å². The van der Waals surface area contributed by atoms with Crippen LogP contribution in [0.15, 0.2) is 10.9 Å². The Labute approximate surface area is 104 Å². The van der Waals surface area contributed by atoms with Crippen LogP contribution < -0.4 is 5.56 Å². The quantitative estimate of drug-likeness (QED) is 0.895. The number of carboxylic acids is 1. The normalized spacial score (nSPS) is 12.8. The molecular formula is C11H15ClN2O3. The van der Waals surface area contributed by atoms with Crippen molar-refractivity contribution >= 4 is 17.6 Å². The van der Waals surface area contributed by atoms with Gasteiger partial charge in [-0.05, 0) is 24.8 Å². The average molecular weight is 259 g/mol. The van der Waals surface area contributed by atoms with Gasteiger partial charge in [0.05, 0.1) is 0 Å². The second-order valence-corrected chi connectivity index (χ2v) is 4.74. The molecule has 0 spiro atoms. The number of nitrogens with zero attached hydrogens (tertiary/aromatic N) is 2. The molecule has 0 amide bonds. The van der Waals surface area contributed by atoms with E-state index in [0.717, 1.165) is 4.68 Å². The van der Waals surface area contributed by atoms with Crippen LogP contribution in [-0.2, 0) is 4.79 Å². The van der Waals surface area contributed by atoms with E-state index < -0.39 is 17.6 Å². The highest BCUT2D eigenvalue weighted by atomic mass is 35.5. The van der Waals surface area contributed by atoms with Crippen molar-refractivity contribution in [1.82, 2.24) is 9.78 Å². The third-order valence-corrected chi connectivity index (χ3v) is 2.74. The lowest BCUT2D eigenvalue weighted by atomic mass is 10.0. The van der Waals surface area contributed by atoms with Crippen LogP contribution in [0.4, 0.5) is 0 Å². The van der Waals surface area contributed by atoms with Gasteiger partial charge < -0.3 is 5.11 Å². The molecule has 0 radical (unpaired) electrons. The summed E-state index contributed by atoms with van der Waals surface area (Å²) in [5, 5.41) is 13.1. The first-order chi connectivity index (χ1) is 7.82. The Balaban J connectivity index is 3.24. The third kappa shape index (κ3) is 3.30. The number of hydrogen-bond acceptors (Lipinski definition) is 3. The van der Waals surface area contributed by atoms with Gasteiger partial charge in [0.1, 0.15) is 0 Å². The Hall–Kier alpha value is -1.36. The van der Waals surface area contributed by atoms with Crippen LogP contribution in [0, 0.1) is 12.8 Å². The van der Waals surface area contributed by atoms with Crippen LogP contribution in [0.25, 0.3) is 0 Å². The van der Waals surface area contributed by atoms with Crippen molar-refractivity contribution in [3.63, 3.8) is 0 Å². The summed E-state index contributed by atoms with van der Waals surface area (Å²) in [6, 6.07) is 0.326. The highest BCUT2D eigenvalue weighted by molar-refractivity contribution is 6.30. The number of rotatable bonds is 4. The van der Waals surface area contributed by atoms with E-state index in [1.54, 1.807) is 6.92 Å². The van der Waals surface area contributed by atoms with Gasteiger partial charge in [-0.2, -0.15) is 5.10 Å². The fraction of sp³-hybridized carbons (Fsp3) is 0.545. The Morgan fingerprint density at radius 3 is 2.65 bits per heavy atom. The summed E-state index contributed by atoms with van der Waals surface area (Å²) in [5.74, 6) is -0.932. The summed E-state index contributed by atoms with van der Waals surface area (Å²) in [5.41, 5.74) is 0.0987. The lowest BCUT2D eigenvalue weighted by Gasteiger charge is -2.16.